The van der Waals surface area contributed by atoms with Gasteiger partial charge in [-0.25, -0.2) is 0 Å². The van der Waals surface area contributed by atoms with Gasteiger partial charge in [0.2, 0.25) is 5.91 Å². The van der Waals surface area contributed by atoms with Gasteiger partial charge in [-0.1, -0.05) is 18.2 Å². The van der Waals surface area contributed by atoms with E-state index in [-0.39, 0.29) is 30.3 Å². The van der Waals surface area contributed by atoms with Crippen molar-refractivity contribution in [2.45, 2.75) is 70.1 Å². The minimum atomic E-state index is -0.227. The van der Waals surface area contributed by atoms with Gasteiger partial charge < -0.3 is 19.5 Å². The highest BCUT2D eigenvalue weighted by Crippen LogP contribution is 2.43. The molecule has 1 amide bonds. The summed E-state index contributed by atoms with van der Waals surface area (Å²) < 4.78 is 11.7. The lowest BCUT2D eigenvalue weighted by atomic mass is 9.79. The molecule has 150 valence electrons. The molecule has 2 aliphatic rings. The van der Waals surface area contributed by atoms with Gasteiger partial charge in [-0.15, -0.1) is 0 Å². The number of benzene rings is 1. The Kier molecular flexibility index (Phi) is 6.56. The van der Waals surface area contributed by atoms with Crippen LogP contribution in [0.15, 0.2) is 18.2 Å². The monoisotopic (exact) mass is 375 g/mol. The predicted octanol–water partition coefficient (Wildman–Crippen LogP) is 2.78. The molecule has 1 N–H and O–H groups in total. The van der Waals surface area contributed by atoms with Crippen molar-refractivity contribution < 1.29 is 19.4 Å². The van der Waals surface area contributed by atoms with Crippen LogP contribution < -0.4 is 0 Å². The van der Waals surface area contributed by atoms with Gasteiger partial charge in [0.1, 0.15) is 0 Å². The highest BCUT2D eigenvalue weighted by molar-refractivity contribution is 5.77. The van der Waals surface area contributed by atoms with Crippen LogP contribution in [0.4, 0.5) is 0 Å². The maximum absolute atomic E-state index is 13.0. The number of hydrogen-bond acceptors (Lipinski definition) is 4. The van der Waals surface area contributed by atoms with Crippen LogP contribution in [0.5, 0.6) is 0 Å². The third kappa shape index (κ3) is 4.36. The van der Waals surface area contributed by atoms with E-state index in [1.165, 1.54) is 16.7 Å². The van der Waals surface area contributed by atoms with E-state index in [9.17, 15) is 4.79 Å². The Hall–Kier alpha value is -1.43. The third-order valence-electron chi connectivity index (χ3n) is 6.51. The number of rotatable bonds is 7. The van der Waals surface area contributed by atoms with E-state index in [4.69, 9.17) is 14.6 Å². The topological polar surface area (TPSA) is 59.0 Å². The minimum Gasteiger partial charge on any atom is -0.394 e. The second-order valence-corrected chi connectivity index (χ2v) is 8.03. The molecule has 3 atom stereocenters. The quantitative estimate of drug-likeness (QED) is 0.796. The van der Waals surface area contributed by atoms with Gasteiger partial charge in [-0.3, -0.25) is 4.79 Å². The maximum atomic E-state index is 13.0. The van der Waals surface area contributed by atoms with Crippen molar-refractivity contribution in [1.29, 1.82) is 0 Å². The highest BCUT2D eigenvalue weighted by Gasteiger charge is 2.52. The number of nitrogens with zero attached hydrogens (tertiary/aromatic N) is 1. The molecule has 5 heteroatoms. The number of hydrogen-bond donors (Lipinski definition) is 1. The first-order valence-corrected chi connectivity index (χ1v) is 10.1. The lowest BCUT2D eigenvalue weighted by Crippen LogP contribution is -2.53. The average Bonchev–Trinajstić information content (AvgIpc) is 3.06. The van der Waals surface area contributed by atoms with Gasteiger partial charge in [-0.05, 0) is 62.6 Å². The maximum Gasteiger partial charge on any atom is 0.223 e. The number of aliphatic hydroxyl groups is 1. The van der Waals surface area contributed by atoms with Gasteiger partial charge in [0.05, 0.1) is 31.0 Å². The van der Waals surface area contributed by atoms with Crippen molar-refractivity contribution in [3.8, 4) is 0 Å². The summed E-state index contributed by atoms with van der Waals surface area (Å²) in [6.07, 6.45) is 4.92. The Morgan fingerprint density at radius 2 is 2.11 bits per heavy atom. The van der Waals surface area contributed by atoms with E-state index in [1.807, 2.05) is 4.90 Å². The van der Waals surface area contributed by atoms with Gasteiger partial charge in [-0.2, -0.15) is 0 Å². The van der Waals surface area contributed by atoms with Crippen LogP contribution in [0.1, 0.15) is 48.8 Å². The minimum absolute atomic E-state index is 0.0369. The third-order valence-corrected chi connectivity index (χ3v) is 6.51. The van der Waals surface area contributed by atoms with E-state index in [0.717, 1.165) is 38.6 Å². The zero-order valence-corrected chi connectivity index (χ0v) is 16.9. The largest absolute Gasteiger partial charge is 0.394 e. The smallest absolute Gasteiger partial charge is 0.223 e. The summed E-state index contributed by atoms with van der Waals surface area (Å²) in [6, 6.07) is 6.52. The van der Waals surface area contributed by atoms with Crippen LogP contribution in [0, 0.1) is 13.8 Å². The summed E-state index contributed by atoms with van der Waals surface area (Å²) in [6.45, 7) is 5.38. The van der Waals surface area contributed by atoms with Crippen molar-refractivity contribution in [3.05, 3.63) is 34.9 Å². The van der Waals surface area contributed by atoms with Crippen LogP contribution in [0.25, 0.3) is 0 Å². The van der Waals surface area contributed by atoms with Crippen LogP contribution in [-0.2, 0) is 20.7 Å². The highest BCUT2D eigenvalue weighted by atomic mass is 16.5. The summed E-state index contributed by atoms with van der Waals surface area (Å²) in [4.78, 5) is 15.0. The fourth-order valence-corrected chi connectivity index (χ4v) is 4.69. The summed E-state index contributed by atoms with van der Waals surface area (Å²) >= 11 is 0. The molecular formula is C22H33NO4. The van der Waals surface area contributed by atoms with Crippen molar-refractivity contribution in [2.24, 2.45) is 0 Å². The molecule has 0 unspecified atom stereocenters. The molecule has 0 aromatic heterocycles. The summed E-state index contributed by atoms with van der Waals surface area (Å²) in [5, 5.41) is 9.02. The number of carbonyl (C=O) groups excluding carboxylic acids is 1. The van der Waals surface area contributed by atoms with Crippen molar-refractivity contribution in [3.63, 3.8) is 0 Å². The molecule has 5 nitrogen and oxygen atoms in total. The number of aryl methyl sites for hydroxylation is 3. The fraction of sp³-hybridized carbons (Fsp3) is 0.682. The van der Waals surface area contributed by atoms with Crippen LogP contribution in [0.2, 0.25) is 0 Å². The van der Waals surface area contributed by atoms with Crippen LogP contribution in [-0.4, -0.2) is 60.5 Å². The number of fused-ring (bicyclic) bond motifs is 1. The molecule has 1 aliphatic carbocycles. The number of ether oxygens (including phenoxy) is 2. The number of carbonyl (C=O) groups is 1. The standard InChI is InChI=1S/C22H33NO4/c1-16-4-5-18(14-17(16)2)6-7-21(25)23-11-10-22(26-3)9-8-19(15-20(22)23)27-13-12-24/h4-5,14,19-20,24H,6-13,15H2,1-3H3/t19-,20-,22+/m0/s1. The first-order valence-electron chi connectivity index (χ1n) is 10.1. The van der Waals surface area contributed by atoms with Gasteiger partial charge >= 0.3 is 0 Å². The molecule has 1 aromatic carbocycles. The number of amides is 1. The normalized spacial score (nSPS) is 27.6. The summed E-state index contributed by atoms with van der Waals surface area (Å²) in [7, 11) is 1.77. The Morgan fingerprint density at radius 1 is 1.30 bits per heavy atom. The molecule has 1 aliphatic heterocycles. The Labute approximate surface area is 162 Å². The van der Waals surface area contributed by atoms with E-state index >= 15 is 0 Å². The second-order valence-electron chi connectivity index (χ2n) is 8.03. The zero-order chi connectivity index (χ0) is 19.4. The van der Waals surface area contributed by atoms with Crippen LogP contribution >= 0.6 is 0 Å². The van der Waals surface area contributed by atoms with Gasteiger partial charge in [0.25, 0.3) is 0 Å². The zero-order valence-electron chi connectivity index (χ0n) is 16.9. The molecule has 2 fully saturated rings. The lowest BCUT2D eigenvalue weighted by molar-refractivity contribution is -0.142. The number of methoxy groups -OCH3 is 1. The van der Waals surface area contributed by atoms with E-state index in [1.54, 1.807) is 7.11 Å². The molecule has 1 saturated heterocycles. The van der Waals surface area contributed by atoms with Crippen molar-refractivity contribution in [2.75, 3.05) is 26.9 Å². The van der Waals surface area contributed by atoms with Crippen molar-refractivity contribution in [1.82, 2.24) is 4.90 Å². The van der Waals surface area contributed by atoms with Crippen molar-refractivity contribution >= 4 is 5.91 Å². The second kappa shape index (κ2) is 8.72. The van der Waals surface area contributed by atoms with Crippen LogP contribution in [0.3, 0.4) is 0 Å². The average molecular weight is 376 g/mol. The molecule has 0 bridgehead atoms. The van der Waals surface area contributed by atoms with E-state index in [2.05, 4.69) is 32.0 Å². The predicted molar refractivity (Wildman–Crippen MR) is 105 cm³/mol. The first kappa shape index (κ1) is 20.3. The molecule has 1 aromatic rings. The van der Waals surface area contributed by atoms with Gasteiger partial charge in [0, 0.05) is 20.1 Å². The van der Waals surface area contributed by atoms with E-state index in [0.29, 0.717) is 13.0 Å². The molecule has 0 spiro atoms. The fourth-order valence-electron chi connectivity index (χ4n) is 4.69. The number of likely N-dealkylation sites (tertiary alicyclic amines) is 1. The summed E-state index contributed by atoms with van der Waals surface area (Å²) in [5.41, 5.74) is 3.55. The number of aliphatic hydroxyl groups excluding tert-OH is 1. The molecule has 27 heavy (non-hydrogen) atoms. The Balaban J connectivity index is 1.63. The van der Waals surface area contributed by atoms with E-state index < -0.39 is 0 Å². The summed E-state index contributed by atoms with van der Waals surface area (Å²) in [5.74, 6) is 0.208. The lowest BCUT2D eigenvalue weighted by Gasteiger charge is -2.43. The molecule has 1 heterocycles. The van der Waals surface area contributed by atoms with Gasteiger partial charge in [0.15, 0.2) is 0 Å². The molecular weight excluding hydrogens is 342 g/mol. The molecule has 1 saturated carbocycles. The first-order chi connectivity index (χ1) is 13.0. The molecule has 0 radical (unpaired) electrons. The Bertz CT molecular complexity index is 662. The SMILES string of the molecule is CO[C@@]12CC[C@H](OCCO)C[C@@H]1N(C(=O)CCc1ccc(C)c(C)c1)CC2. The Morgan fingerprint density at radius 3 is 2.81 bits per heavy atom. The molecule has 3 rings (SSSR count).